The Morgan fingerprint density at radius 2 is 1.34 bits per heavy atom. The standard InChI is InChI=1S/C26H30N2Si/c1-29(2,26-22-13-7-5-11-20(22)21-12-6-8-14-23(21)26)28-17-27-24-15-18-9-3-4-10-19(18)16-25(24)28/h3-16,20-27H,17H2,1-2H3/t20?,21?,22?,23?,24?,25-,26?/m1/s1. The predicted octanol–water partition coefficient (Wildman–Crippen LogP) is 3.17. The van der Waals surface area contributed by atoms with E-state index in [1.54, 1.807) is 0 Å². The summed E-state index contributed by atoms with van der Waals surface area (Å²) in [5, 5.41) is 6.61. The predicted molar refractivity (Wildman–Crippen MR) is 124 cm³/mol. The average molecular weight is 399 g/mol. The quantitative estimate of drug-likeness (QED) is 0.770. The lowest BCUT2D eigenvalue weighted by molar-refractivity contribution is 0.420. The molecular weight excluding hydrogens is 368 g/mol. The number of rotatable bonds is 2. The molecule has 0 bridgehead atoms. The fourth-order valence-corrected chi connectivity index (χ4v) is 11.4. The number of hydrogen-bond donors (Lipinski definition) is 1. The first-order chi connectivity index (χ1) is 14.1. The van der Waals surface area contributed by atoms with Gasteiger partial charge in [0.1, 0.15) is 8.24 Å². The van der Waals surface area contributed by atoms with Crippen LogP contribution >= 0.6 is 0 Å². The summed E-state index contributed by atoms with van der Waals surface area (Å²) in [5.41, 5.74) is 0.742. The molecule has 1 aromatic carbocycles. The van der Waals surface area contributed by atoms with Crippen molar-refractivity contribution in [3.8, 4) is 0 Å². The van der Waals surface area contributed by atoms with Crippen molar-refractivity contribution in [2.45, 2.75) is 30.7 Å². The van der Waals surface area contributed by atoms with E-state index in [0.717, 1.165) is 12.2 Å². The van der Waals surface area contributed by atoms with E-state index >= 15 is 0 Å². The Kier molecular flexibility index (Phi) is 4.02. The van der Waals surface area contributed by atoms with Crippen molar-refractivity contribution in [3.63, 3.8) is 0 Å². The highest BCUT2D eigenvalue weighted by Crippen LogP contribution is 2.58. The lowest BCUT2D eigenvalue weighted by Crippen LogP contribution is -2.58. The molecule has 2 nitrogen and oxygen atoms in total. The third-order valence-corrected chi connectivity index (χ3v) is 12.5. The monoisotopic (exact) mass is 398 g/mol. The molecule has 5 aliphatic rings. The lowest BCUT2D eigenvalue weighted by atomic mass is 9.83. The summed E-state index contributed by atoms with van der Waals surface area (Å²) < 4.78 is 2.88. The summed E-state index contributed by atoms with van der Waals surface area (Å²) >= 11 is 0. The van der Waals surface area contributed by atoms with E-state index in [2.05, 4.69) is 108 Å². The third-order valence-electron chi connectivity index (χ3n) is 8.20. The van der Waals surface area contributed by atoms with Gasteiger partial charge in [0.15, 0.2) is 0 Å². The zero-order valence-electron chi connectivity index (χ0n) is 17.3. The van der Waals surface area contributed by atoms with Gasteiger partial charge in [0.2, 0.25) is 0 Å². The zero-order chi connectivity index (χ0) is 19.6. The molecule has 1 saturated carbocycles. The van der Waals surface area contributed by atoms with Crippen molar-refractivity contribution < 1.29 is 0 Å². The first-order valence-electron chi connectivity index (χ1n) is 11.1. The number of fused-ring (bicyclic) bond motifs is 5. The number of nitrogens with zero attached hydrogens (tertiary/aromatic N) is 1. The smallest absolute Gasteiger partial charge is 0.128 e. The Hall–Kier alpha value is -1.94. The van der Waals surface area contributed by atoms with Crippen LogP contribution in [0.2, 0.25) is 18.6 Å². The van der Waals surface area contributed by atoms with Crippen LogP contribution in [0.15, 0.2) is 72.9 Å². The largest absolute Gasteiger partial charge is 0.304 e. The minimum atomic E-state index is -1.73. The highest BCUT2D eigenvalue weighted by Gasteiger charge is 2.57. The lowest BCUT2D eigenvalue weighted by Gasteiger charge is -2.46. The Morgan fingerprint density at radius 1 is 0.793 bits per heavy atom. The SMILES string of the molecule is C[Si](C)(C1C2C=CC=CC2C2C=CC=CC21)N1CNC2C=c3ccccc3=C[C@H]21. The molecule has 5 unspecified atom stereocenters. The minimum Gasteiger partial charge on any atom is -0.304 e. The molecule has 0 amide bonds. The van der Waals surface area contributed by atoms with E-state index < -0.39 is 8.24 Å². The van der Waals surface area contributed by atoms with Crippen LogP contribution < -0.4 is 15.8 Å². The summed E-state index contributed by atoms with van der Waals surface area (Å²) in [6.45, 7) is 6.28. The average Bonchev–Trinajstić information content (AvgIpc) is 3.31. The Labute approximate surface area is 174 Å². The van der Waals surface area contributed by atoms with Gasteiger partial charge in [-0.2, -0.15) is 0 Å². The van der Waals surface area contributed by atoms with Gasteiger partial charge in [-0.05, 0) is 39.7 Å². The first kappa shape index (κ1) is 17.9. The van der Waals surface area contributed by atoms with Crippen LogP contribution in [0.4, 0.5) is 0 Å². The Morgan fingerprint density at radius 3 is 1.97 bits per heavy atom. The maximum absolute atomic E-state index is 3.83. The first-order valence-corrected chi connectivity index (χ1v) is 14.2. The molecule has 1 aromatic rings. The molecule has 148 valence electrons. The highest BCUT2D eigenvalue weighted by atomic mass is 28.3. The zero-order valence-corrected chi connectivity index (χ0v) is 18.3. The van der Waals surface area contributed by atoms with Crippen LogP contribution in [0.25, 0.3) is 12.2 Å². The van der Waals surface area contributed by atoms with Gasteiger partial charge in [-0.3, -0.25) is 5.32 Å². The van der Waals surface area contributed by atoms with Gasteiger partial charge in [0.25, 0.3) is 0 Å². The van der Waals surface area contributed by atoms with Crippen molar-refractivity contribution in [1.82, 2.24) is 9.88 Å². The molecule has 2 fully saturated rings. The van der Waals surface area contributed by atoms with Crippen LogP contribution in [0.1, 0.15) is 0 Å². The summed E-state index contributed by atoms with van der Waals surface area (Å²) in [6.07, 6.45) is 24.1. The maximum Gasteiger partial charge on any atom is 0.128 e. The second kappa shape index (κ2) is 6.53. The highest BCUT2D eigenvalue weighted by molar-refractivity contribution is 6.76. The fraction of sp³-hybridized carbons (Fsp3) is 0.385. The number of hydrogen-bond acceptors (Lipinski definition) is 2. The summed E-state index contributed by atoms with van der Waals surface area (Å²) in [5.74, 6) is 2.67. The molecule has 0 spiro atoms. The van der Waals surface area contributed by atoms with E-state index in [1.807, 2.05) is 0 Å². The molecule has 3 heteroatoms. The molecule has 1 saturated heterocycles. The molecule has 4 aliphatic carbocycles. The fourth-order valence-electron chi connectivity index (χ4n) is 6.92. The van der Waals surface area contributed by atoms with Crippen molar-refractivity contribution >= 4 is 20.4 Å². The van der Waals surface area contributed by atoms with E-state index in [1.165, 1.54) is 10.4 Å². The van der Waals surface area contributed by atoms with Crippen LogP contribution in [0, 0.1) is 23.7 Å². The second-order valence-electron chi connectivity index (χ2n) is 9.84. The van der Waals surface area contributed by atoms with Gasteiger partial charge in [-0.25, -0.2) is 0 Å². The minimum absolute atomic E-state index is 0.438. The van der Waals surface area contributed by atoms with Gasteiger partial charge in [0, 0.05) is 18.8 Å². The third kappa shape index (κ3) is 2.61. The molecule has 6 rings (SSSR count). The molecule has 0 aromatic heterocycles. The molecule has 0 radical (unpaired) electrons. The normalized spacial score (nSPS) is 39.3. The summed E-state index contributed by atoms with van der Waals surface area (Å²) in [4.78, 5) is 0. The van der Waals surface area contributed by atoms with Gasteiger partial charge in [-0.15, -0.1) is 0 Å². The van der Waals surface area contributed by atoms with Gasteiger partial charge in [0.05, 0.1) is 0 Å². The van der Waals surface area contributed by atoms with E-state index in [0.29, 0.717) is 35.8 Å². The van der Waals surface area contributed by atoms with Crippen LogP contribution in [-0.2, 0) is 0 Å². The Bertz CT molecular complexity index is 1030. The van der Waals surface area contributed by atoms with Gasteiger partial charge in [-0.1, -0.05) is 98.1 Å². The van der Waals surface area contributed by atoms with Crippen LogP contribution in [0.5, 0.6) is 0 Å². The molecule has 29 heavy (non-hydrogen) atoms. The Balaban J connectivity index is 1.40. The van der Waals surface area contributed by atoms with Crippen LogP contribution in [-0.4, -0.2) is 31.6 Å². The summed E-state index contributed by atoms with van der Waals surface area (Å²) in [6, 6.07) is 9.77. The molecule has 1 N–H and O–H groups in total. The molecule has 1 aliphatic heterocycles. The molecule has 6 atom stereocenters. The number of nitrogens with one attached hydrogen (secondary N) is 1. The topological polar surface area (TPSA) is 15.3 Å². The van der Waals surface area contributed by atoms with Gasteiger partial charge < -0.3 is 4.57 Å². The second-order valence-corrected chi connectivity index (χ2v) is 14.4. The van der Waals surface area contributed by atoms with E-state index in [4.69, 9.17) is 0 Å². The van der Waals surface area contributed by atoms with Crippen molar-refractivity contribution in [3.05, 3.63) is 83.3 Å². The molecular formula is C26H30N2Si. The van der Waals surface area contributed by atoms with Crippen molar-refractivity contribution in [2.75, 3.05) is 6.67 Å². The van der Waals surface area contributed by atoms with E-state index in [-0.39, 0.29) is 0 Å². The van der Waals surface area contributed by atoms with Crippen LogP contribution in [0.3, 0.4) is 0 Å². The number of benzene rings is 1. The number of allylic oxidation sites excluding steroid dienone is 8. The van der Waals surface area contributed by atoms with E-state index in [9.17, 15) is 0 Å². The maximum atomic E-state index is 3.83. The summed E-state index contributed by atoms with van der Waals surface area (Å²) in [7, 11) is -1.73. The molecule has 1 heterocycles. The van der Waals surface area contributed by atoms with Gasteiger partial charge >= 0.3 is 0 Å². The van der Waals surface area contributed by atoms with Crippen molar-refractivity contribution in [2.24, 2.45) is 23.7 Å². The van der Waals surface area contributed by atoms with Crippen molar-refractivity contribution in [1.29, 1.82) is 0 Å².